The van der Waals surface area contributed by atoms with Gasteiger partial charge in [-0.1, -0.05) is 37.3 Å². The largest absolute Gasteiger partial charge is 0.334 e. The van der Waals surface area contributed by atoms with E-state index in [4.69, 9.17) is 12.2 Å². The molecule has 6 heteroatoms. The van der Waals surface area contributed by atoms with E-state index in [-0.39, 0.29) is 11.5 Å². The van der Waals surface area contributed by atoms with Gasteiger partial charge in [-0.15, -0.1) is 0 Å². The number of hydrogen-bond acceptors (Lipinski definition) is 3. The molecule has 0 aliphatic heterocycles. The van der Waals surface area contributed by atoms with Crippen molar-refractivity contribution in [2.45, 2.75) is 33.4 Å². The van der Waals surface area contributed by atoms with E-state index in [2.05, 4.69) is 11.9 Å². The zero-order valence-electron chi connectivity index (χ0n) is 15.6. The Kier molecular flexibility index (Phi) is 5.86. The second kappa shape index (κ2) is 8.31. The molecular weight excluding hydrogens is 358 g/mol. The Balaban J connectivity index is 1.98. The summed E-state index contributed by atoms with van der Waals surface area (Å²) in [5, 5.41) is 0.534. The van der Waals surface area contributed by atoms with Crippen LogP contribution < -0.4 is 5.56 Å². The van der Waals surface area contributed by atoms with Crippen molar-refractivity contribution < 1.29 is 4.79 Å². The molecule has 140 valence electrons. The number of H-pyrrole nitrogens is 1. The first-order chi connectivity index (χ1) is 13.0. The lowest BCUT2D eigenvalue weighted by Crippen LogP contribution is -2.31. The van der Waals surface area contributed by atoms with Gasteiger partial charge < -0.3 is 9.88 Å². The number of rotatable bonds is 6. The molecule has 0 unspecified atom stereocenters. The van der Waals surface area contributed by atoms with Gasteiger partial charge in [-0.05, 0) is 49.3 Å². The highest BCUT2D eigenvalue weighted by atomic mass is 32.1. The number of carbonyl (C=O) groups excluding carboxylic acids is 1. The van der Waals surface area contributed by atoms with Crippen LogP contribution in [0.5, 0.6) is 0 Å². The number of aromatic amines is 1. The highest BCUT2D eigenvalue weighted by Gasteiger charge is 2.17. The number of amides is 1. The Bertz CT molecular complexity index is 1070. The van der Waals surface area contributed by atoms with Gasteiger partial charge in [0, 0.05) is 25.2 Å². The predicted octanol–water partition coefficient (Wildman–Crippen LogP) is 4.13. The summed E-state index contributed by atoms with van der Waals surface area (Å²) < 4.78 is 1.88. The zero-order valence-corrected chi connectivity index (χ0v) is 16.4. The van der Waals surface area contributed by atoms with Gasteiger partial charge in [0.1, 0.15) is 0 Å². The van der Waals surface area contributed by atoms with E-state index >= 15 is 0 Å². The van der Waals surface area contributed by atoms with E-state index in [1.165, 1.54) is 4.57 Å². The van der Waals surface area contributed by atoms with Gasteiger partial charge in [0.05, 0.1) is 10.9 Å². The van der Waals surface area contributed by atoms with Crippen molar-refractivity contribution in [1.29, 1.82) is 0 Å². The standard InChI is InChI=1S/C21H23N3O2S/c1-3-12-23(14-15-8-6-5-7-9-15)19(25)16-10-11-17-18(13-16)22-21(27)24(4-2)20(17)26/h5-11,13H,3-4,12,14H2,1-2H3,(H,22,27). The first-order valence-corrected chi connectivity index (χ1v) is 9.56. The van der Waals surface area contributed by atoms with Crippen LogP contribution in [0.15, 0.2) is 53.3 Å². The minimum Gasteiger partial charge on any atom is -0.334 e. The normalized spacial score (nSPS) is 10.9. The minimum atomic E-state index is -0.134. The maximum absolute atomic E-state index is 13.1. The summed E-state index contributed by atoms with van der Waals surface area (Å²) in [6, 6.07) is 15.1. The van der Waals surface area contributed by atoms with Gasteiger partial charge in [-0.25, -0.2) is 0 Å². The Morgan fingerprint density at radius 3 is 2.56 bits per heavy atom. The van der Waals surface area contributed by atoms with E-state index in [0.717, 1.165) is 12.0 Å². The van der Waals surface area contributed by atoms with Gasteiger partial charge in [-0.3, -0.25) is 14.2 Å². The molecule has 0 atom stereocenters. The second-order valence-corrected chi connectivity index (χ2v) is 6.84. The van der Waals surface area contributed by atoms with Crippen LogP contribution in [0.3, 0.4) is 0 Å². The van der Waals surface area contributed by atoms with Crippen molar-refractivity contribution in [1.82, 2.24) is 14.5 Å². The average Bonchev–Trinajstić information content (AvgIpc) is 2.68. The summed E-state index contributed by atoms with van der Waals surface area (Å²) >= 11 is 5.27. The third-order valence-electron chi connectivity index (χ3n) is 4.54. The molecule has 0 saturated heterocycles. The Labute approximate surface area is 163 Å². The molecule has 0 spiro atoms. The van der Waals surface area contributed by atoms with Crippen LogP contribution >= 0.6 is 12.2 Å². The van der Waals surface area contributed by atoms with Gasteiger partial charge in [0.15, 0.2) is 4.77 Å². The van der Waals surface area contributed by atoms with Gasteiger partial charge >= 0.3 is 0 Å². The van der Waals surface area contributed by atoms with Crippen LogP contribution in [0.2, 0.25) is 0 Å². The van der Waals surface area contributed by atoms with Crippen molar-refractivity contribution in [3.63, 3.8) is 0 Å². The lowest BCUT2D eigenvalue weighted by atomic mass is 10.1. The topological polar surface area (TPSA) is 58.1 Å². The van der Waals surface area contributed by atoms with Crippen LogP contribution in [0, 0.1) is 4.77 Å². The molecule has 1 heterocycles. The molecule has 0 aliphatic carbocycles. The molecule has 5 nitrogen and oxygen atoms in total. The van der Waals surface area contributed by atoms with Crippen LogP contribution in [-0.4, -0.2) is 26.9 Å². The monoisotopic (exact) mass is 381 g/mol. The smallest absolute Gasteiger partial charge is 0.262 e. The molecule has 3 aromatic rings. The number of fused-ring (bicyclic) bond motifs is 1. The third-order valence-corrected chi connectivity index (χ3v) is 4.86. The summed E-state index contributed by atoms with van der Waals surface area (Å²) in [7, 11) is 0. The van der Waals surface area contributed by atoms with Crippen molar-refractivity contribution in [3.05, 3.63) is 74.8 Å². The van der Waals surface area contributed by atoms with E-state index in [1.54, 1.807) is 18.2 Å². The SMILES string of the molecule is CCCN(Cc1ccccc1)C(=O)c1ccc2c(=O)n(CC)c(=S)[nH]c2c1. The fourth-order valence-electron chi connectivity index (χ4n) is 3.18. The van der Waals surface area contributed by atoms with E-state index in [1.807, 2.05) is 42.2 Å². The van der Waals surface area contributed by atoms with Crippen LogP contribution in [0.1, 0.15) is 36.2 Å². The number of hydrogen-bond donors (Lipinski definition) is 1. The van der Waals surface area contributed by atoms with E-state index in [0.29, 0.717) is 40.9 Å². The molecule has 0 fully saturated rings. The summed E-state index contributed by atoms with van der Waals surface area (Å²) in [5.74, 6) is -0.0541. The number of nitrogens with zero attached hydrogens (tertiary/aromatic N) is 2. The molecule has 2 aromatic carbocycles. The van der Waals surface area contributed by atoms with Crippen molar-refractivity contribution in [3.8, 4) is 0 Å². The van der Waals surface area contributed by atoms with Crippen LogP contribution in [0.25, 0.3) is 10.9 Å². The Morgan fingerprint density at radius 1 is 1.15 bits per heavy atom. The highest BCUT2D eigenvalue weighted by molar-refractivity contribution is 7.71. The molecule has 27 heavy (non-hydrogen) atoms. The number of carbonyl (C=O) groups is 1. The highest BCUT2D eigenvalue weighted by Crippen LogP contribution is 2.15. The number of nitrogens with one attached hydrogen (secondary N) is 1. The third kappa shape index (κ3) is 4.01. The van der Waals surface area contributed by atoms with Gasteiger partial charge in [0.2, 0.25) is 0 Å². The lowest BCUT2D eigenvalue weighted by molar-refractivity contribution is 0.0743. The quantitative estimate of drug-likeness (QED) is 0.653. The Morgan fingerprint density at radius 2 is 1.89 bits per heavy atom. The Hall–Kier alpha value is -2.73. The fourth-order valence-corrected chi connectivity index (χ4v) is 3.51. The first-order valence-electron chi connectivity index (χ1n) is 9.15. The maximum Gasteiger partial charge on any atom is 0.262 e. The summed E-state index contributed by atoms with van der Waals surface area (Å²) in [4.78, 5) is 30.5. The zero-order chi connectivity index (χ0) is 19.4. The molecule has 1 aromatic heterocycles. The van der Waals surface area contributed by atoms with Crippen molar-refractivity contribution in [2.75, 3.05) is 6.54 Å². The van der Waals surface area contributed by atoms with Crippen LogP contribution in [0.4, 0.5) is 0 Å². The first kappa shape index (κ1) is 19.0. The molecule has 3 rings (SSSR count). The fraction of sp³-hybridized carbons (Fsp3) is 0.286. The van der Waals surface area contributed by atoms with Crippen molar-refractivity contribution in [2.24, 2.45) is 0 Å². The van der Waals surface area contributed by atoms with Crippen LogP contribution in [-0.2, 0) is 13.1 Å². The molecule has 0 saturated carbocycles. The molecule has 1 amide bonds. The average molecular weight is 382 g/mol. The summed E-state index contributed by atoms with van der Waals surface area (Å²) in [6.07, 6.45) is 0.871. The second-order valence-electron chi connectivity index (χ2n) is 6.45. The van der Waals surface area contributed by atoms with Gasteiger partial charge in [0.25, 0.3) is 11.5 Å². The minimum absolute atomic E-state index is 0.0541. The maximum atomic E-state index is 13.1. The number of benzene rings is 2. The summed E-state index contributed by atoms with van der Waals surface area (Å²) in [6.45, 7) is 5.65. The molecule has 0 radical (unpaired) electrons. The van der Waals surface area contributed by atoms with E-state index in [9.17, 15) is 9.59 Å². The molecular formula is C21H23N3O2S. The van der Waals surface area contributed by atoms with E-state index < -0.39 is 0 Å². The molecule has 1 N–H and O–H groups in total. The number of aromatic nitrogens is 2. The molecule has 0 aliphatic rings. The van der Waals surface area contributed by atoms with Gasteiger partial charge in [-0.2, -0.15) is 0 Å². The molecule has 0 bridgehead atoms. The van der Waals surface area contributed by atoms with Crippen molar-refractivity contribution >= 4 is 29.0 Å². The lowest BCUT2D eigenvalue weighted by Gasteiger charge is -2.22. The predicted molar refractivity (Wildman–Crippen MR) is 111 cm³/mol. The summed E-state index contributed by atoms with van der Waals surface area (Å²) in [5.41, 5.74) is 2.10.